The molecular formula is C23H26N2O3. The number of pyridine rings is 1. The number of aromatic amines is 1. The first-order chi connectivity index (χ1) is 13.6. The highest BCUT2D eigenvalue weighted by atomic mass is 16.5. The zero-order chi connectivity index (χ0) is 19.5. The molecule has 1 aromatic carbocycles. The molecule has 2 heterocycles. The third-order valence-corrected chi connectivity index (χ3v) is 5.28. The summed E-state index contributed by atoms with van der Waals surface area (Å²) in [6.45, 7) is 2.76. The van der Waals surface area contributed by atoms with Gasteiger partial charge in [-0.25, -0.2) is 0 Å². The summed E-state index contributed by atoms with van der Waals surface area (Å²) in [6.07, 6.45) is 6.51. The second-order valence-corrected chi connectivity index (χ2v) is 7.60. The first kappa shape index (κ1) is 18.5. The molecular weight excluding hydrogens is 352 g/mol. The van der Waals surface area contributed by atoms with Crippen LogP contribution in [0, 0.1) is 0 Å². The molecule has 1 saturated carbocycles. The molecule has 2 aliphatic rings. The van der Waals surface area contributed by atoms with Crippen molar-refractivity contribution >= 4 is 11.5 Å². The van der Waals surface area contributed by atoms with Crippen LogP contribution < -0.4 is 15.6 Å². The number of carbonyl (C=O) groups excluding carboxylic acids is 1. The summed E-state index contributed by atoms with van der Waals surface area (Å²) >= 11 is 0. The summed E-state index contributed by atoms with van der Waals surface area (Å²) in [5, 5.41) is 2.99. The van der Waals surface area contributed by atoms with Crippen molar-refractivity contribution in [2.24, 2.45) is 0 Å². The van der Waals surface area contributed by atoms with Gasteiger partial charge >= 0.3 is 0 Å². The van der Waals surface area contributed by atoms with Crippen LogP contribution in [0.15, 0.2) is 47.3 Å². The van der Waals surface area contributed by atoms with Gasteiger partial charge in [0.25, 0.3) is 5.56 Å². The fraction of sp³-hybridized carbons (Fsp3) is 0.391. The standard InChI is InChI=1S/C23H26N2O3/c1-2-13-28-18-8-5-16(6-9-18)20(14-17-7-12-22(26)24-17)21-11-10-19(15-3-4-15)23(27)25-21/h5-6,8-11,14-15,17H,2-4,7,12-13H2,1H3,(H,24,26)(H,25,27)/t17-/m1/s1. The van der Waals surface area contributed by atoms with Gasteiger partial charge in [0, 0.05) is 29.3 Å². The Morgan fingerprint density at radius 1 is 1.11 bits per heavy atom. The minimum atomic E-state index is -0.0230. The lowest BCUT2D eigenvalue weighted by molar-refractivity contribution is -0.119. The molecule has 2 fully saturated rings. The van der Waals surface area contributed by atoms with Gasteiger partial charge in [-0.1, -0.05) is 31.2 Å². The number of ether oxygens (including phenoxy) is 1. The minimum absolute atomic E-state index is 0.00995. The molecule has 28 heavy (non-hydrogen) atoms. The van der Waals surface area contributed by atoms with Gasteiger partial charge in [-0.2, -0.15) is 0 Å². The Kier molecular flexibility index (Phi) is 5.33. The highest BCUT2D eigenvalue weighted by Gasteiger charge is 2.26. The minimum Gasteiger partial charge on any atom is -0.494 e. The Morgan fingerprint density at radius 3 is 2.50 bits per heavy atom. The average molecular weight is 378 g/mol. The summed E-state index contributed by atoms with van der Waals surface area (Å²) in [5.74, 6) is 1.31. The second kappa shape index (κ2) is 8.05. The van der Waals surface area contributed by atoms with E-state index >= 15 is 0 Å². The average Bonchev–Trinajstić information content (AvgIpc) is 3.46. The molecule has 0 unspecified atom stereocenters. The summed E-state index contributed by atoms with van der Waals surface area (Å²) in [7, 11) is 0. The van der Waals surface area contributed by atoms with Gasteiger partial charge in [0.1, 0.15) is 5.75 Å². The number of rotatable bonds is 7. The second-order valence-electron chi connectivity index (χ2n) is 7.60. The fourth-order valence-corrected chi connectivity index (χ4v) is 3.61. The normalized spacial score (nSPS) is 19.5. The molecule has 1 atom stereocenters. The molecule has 2 N–H and O–H groups in total. The number of H-pyrrole nitrogens is 1. The summed E-state index contributed by atoms with van der Waals surface area (Å²) in [5.41, 5.74) is 3.55. The van der Waals surface area contributed by atoms with E-state index in [2.05, 4.69) is 23.3 Å². The Balaban J connectivity index is 1.68. The van der Waals surface area contributed by atoms with E-state index in [0.29, 0.717) is 18.9 Å². The monoisotopic (exact) mass is 378 g/mol. The van der Waals surface area contributed by atoms with Crippen molar-refractivity contribution in [2.45, 2.75) is 51.0 Å². The van der Waals surface area contributed by atoms with Gasteiger partial charge in [0.05, 0.1) is 6.61 Å². The Morgan fingerprint density at radius 2 is 1.89 bits per heavy atom. The van der Waals surface area contributed by atoms with Gasteiger partial charge < -0.3 is 15.0 Å². The summed E-state index contributed by atoms with van der Waals surface area (Å²) < 4.78 is 5.68. The SMILES string of the molecule is CCCOc1ccc(C(=C[C@H]2CCC(=O)N2)c2ccc(C3CC3)c(=O)[nH]2)cc1. The third-order valence-electron chi connectivity index (χ3n) is 5.28. The molecule has 1 amide bonds. The number of benzene rings is 1. The van der Waals surface area contributed by atoms with Crippen molar-refractivity contribution in [3.05, 3.63) is 69.6 Å². The van der Waals surface area contributed by atoms with Crippen LogP contribution >= 0.6 is 0 Å². The number of carbonyl (C=O) groups is 1. The number of hydrogen-bond donors (Lipinski definition) is 2. The van der Waals surface area contributed by atoms with Crippen LogP contribution in [0.3, 0.4) is 0 Å². The van der Waals surface area contributed by atoms with Crippen molar-refractivity contribution in [1.29, 1.82) is 0 Å². The number of nitrogens with one attached hydrogen (secondary N) is 2. The van der Waals surface area contributed by atoms with Crippen LogP contribution in [-0.2, 0) is 4.79 Å². The number of hydrogen-bond acceptors (Lipinski definition) is 3. The summed E-state index contributed by atoms with van der Waals surface area (Å²) in [6, 6.07) is 11.8. The first-order valence-corrected chi connectivity index (χ1v) is 10.1. The quantitative estimate of drug-likeness (QED) is 0.771. The highest BCUT2D eigenvalue weighted by molar-refractivity contribution is 5.82. The predicted molar refractivity (Wildman–Crippen MR) is 110 cm³/mol. The van der Waals surface area contributed by atoms with Gasteiger partial charge in [0.15, 0.2) is 0 Å². The molecule has 146 valence electrons. The van der Waals surface area contributed by atoms with Crippen LogP contribution in [0.25, 0.3) is 5.57 Å². The molecule has 1 aromatic heterocycles. The third kappa shape index (κ3) is 4.19. The van der Waals surface area contributed by atoms with E-state index in [9.17, 15) is 9.59 Å². The van der Waals surface area contributed by atoms with Crippen LogP contribution in [0.1, 0.15) is 61.8 Å². The van der Waals surface area contributed by atoms with Gasteiger partial charge in [-0.3, -0.25) is 9.59 Å². The fourth-order valence-electron chi connectivity index (χ4n) is 3.61. The summed E-state index contributed by atoms with van der Waals surface area (Å²) in [4.78, 5) is 27.2. The highest BCUT2D eigenvalue weighted by Crippen LogP contribution is 2.38. The van der Waals surface area contributed by atoms with Crippen LogP contribution in [0.4, 0.5) is 0 Å². The van der Waals surface area contributed by atoms with Crippen LogP contribution in [-0.4, -0.2) is 23.5 Å². The van der Waals surface area contributed by atoms with E-state index in [1.165, 1.54) is 0 Å². The number of amides is 1. The van der Waals surface area contributed by atoms with E-state index in [4.69, 9.17) is 4.74 Å². The van der Waals surface area contributed by atoms with E-state index < -0.39 is 0 Å². The molecule has 1 aliphatic carbocycles. The van der Waals surface area contributed by atoms with Gasteiger partial charge in [0.2, 0.25) is 5.91 Å². The van der Waals surface area contributed by atoms with Crippen molar-refractivity contribution < 1.29 is 9.53 Å². The molecule has 0 spiro atoms. The van der Waals surface area contributed by atoms with Gasteiger partial charge in [-0.15, -0.1) is 0 Å². The largest absolute Gasteiger partial charge is 0.494 e. The zero-order valence-electron chi connectivity index (χ0n) is 16.2. The molecule has 4 rings (SSSR count). The van der Waals surface area contributed by atoms with Crippen LogP contribution in [0.5, 0.6) is 5.75 Å². The first-order valence-electron chi connectivity index (χ1n) is 10.1. The van der Waals surface area contributed by atoms with E-state index in [-0.39, 0.29) is 17.5 Å². The van der Waals surface area contributed by atoms with Gasteiger partial charge in [-0.05, 0) is 55.4 Å². The van der Waals surface area contributed by atoms with Crippen molar-refractivity contribution in [3.63, 3.8) is 0 Å². The molecule has 5 nitrogen and oxygen atoms in total. The maximum atomic E-state index is 12.5. The molecule has 1 aliphatic heterocycles. The molecule has 0 radical (unpaired) electrons. The maximum absolute atomic E-state index is 12.5. The van der Waals surface area contributed by atoms with E-state index in [1.807, 2.05) is 36.4 Å². The Labute approximate surface area is 164 Å². The Hall–Kier alpha value is -2.82. The van der Waals surface area contributed by atoms with Crippen molar-refractivity contribution in [2.75, 3.05) is 6.61 Å². The maximum Gasteiger partial charge on any atom is 0.251 e. The van der Waals surface area contributed by atoms with E-state index in [1.54, 1.807) is 0 Å². The molecule has 5 heteroatoms. The lowest BCUT2D eigenvalue weighted by Gasteiger charge is -2.13. The number of aromatic nitrogens is 1. The lowest BCUT2D eigenvalue weighted by Crippen LogP contribution is -2.23. The molecule has 2 aromatic rings. The van der Waals surface area contributed by atoms with Crippen LogP contribution in [0.2, 0.25) is 0 Å². The zero-order valence-corrected chi connectivity index (χ0v) is 16.2. The Bertz CT molecular complexity index is 939. The smallest absolute Gasteiger partial charge is 0.251 e. The topological polar surface area (TPSA) is 71.2 Å². The van der Waals surface area contributed by atoms with E-state index in [0.717, 1.165) is 53.8 Å². The predicted octanol–water partition coefficient (Wildman–Crippen LogP) is 3.75. The van der Waals surface area contributed by atoms with Crippen molar-refractivity contribution in [1.82, 2.24) is 10.3 Å². The molecule has 1 saturated heterocycles. The van der Waals surface area contributed by atoms with Crippen molar-refractivity contribution in [3.8, 4) is 5.75 Å². The molecule has 0 bridgehead atoms. The lowest BCUT2D eigenvalue weighted by atomic mass is 9.98.